The van der Waals surface area contributed by atoms with E-state index in [1.165, 1.54) is 5.56 Å². The Balaban J connectivity index is 2.80. The van der Waals surface area contributed by atoms with Crippen LogP contribution in [0.1, 0.15) is 31.9 Å². The van der Waals surface area contributed by atoms with Crippen LogP contribution in [-0.2, 0) is 21.4 Å². The largest absolute Gasteiger partial charge is 0.289 e. The van der Waals surface area contributed by atoms with Crippen LogP contribution in [0, 0.1) is 0 Å². The number of ketones is 1. The van der Waals surface area contributed by atoms with Crippen molar-refractivity contribution in [1.82, 2.24) is 0 Å². The average molecular weight is 239 g/mol. The summed E-state index contributed by atoms with van der Waals surface area (Å²) in [5.74, 6) is -0.565. The van der Waals surface area contributed by atoms with Gasteiger partial charge in [-0.15, -0.1) is 0 Å². The van der Waals surface area contributed by atoms with Crippen LogP contribution in [0.3, 0.4) is 0 Å². The molecule has 0 saturated heterocycles. The molecule has 0 aliphatic carbocycles. The fourth-order valence-corrected chi connectivity index (χ4v) is 1.44. The van der Waals surface area contributed by atoms with Gasteiger partial charge in [-0.3, -0.25) is 9.59 Å². The smallest absolute Gasteiger partial charge is 0.288 e. The summed E-state index contributed by atoms with van der Waals surface area (Å²) in [4.78, 5) is 21.7. The summed E-state index contributed by atoms with van der Waals surface area (Å²) >= 11 is 5.09. The van der Waals surface area contributed by atoms with Gasteiger partial charge in [-0.25, -0.2) is 0 Å². The Morgan fingerprint density at radius 3 is 2.00 bits per heavy atom. The van der Waals surface area contributed by atoms with Crippen molar-refractivity contribution in [2.24, 2.45) is 0 Å². The fourth-order valence-electron chi connectivity index (χ4n) is 1.38. The van der Waals surface area contributed by atoms with E-state index >= 15 is 0 Å². The molecule has 0 spiro atoms. The summed E-state index contributed by atoms with van der Waals surface area (Å²) in [6.07, 6.45) is 0.0761. The van der Waals surface area contributed by atoms with Crippen LogP contribution in [0.15, 0.2) is 24.3 Å². The number of hydrogen-bond donors (Lipinski definition) is 0. The highest BCUT2D eigenvalue weighted by Gasteiger charge is 2.14. The molecule has 0 unspecified atom stereocenters. The summed E-state index contributed by atoms with van der Waals surface area (Å²) in [6, 6.07) is 7.67. The molecule has 0 radical (unpaired) electrons. The van der Waals surface area contributed by atoms with Crippen LogP contribution in [0.25, 0.3) is 0 Å². The van der Waals surface area contributed by atoms with Gasteiger partial charge in [0.1, 0.15) is 0 Å². The molecule has 3 heteroatoms. The van der Waals surface area contributed by atoms with Crippen LogP contribution in [0.5, 0.6) is 0 Å². The first kappa shape index (κ1) is 12.9. The molecule has 1 rings (SSSR count). The number of halogens is 1. The molecule has 0 aliphatic rings. The van der Waals surface area contributed by atoms with Gasteiger partial charge in [0.25, 0.3) is 5.24 Å². The molecule has 16 heavy (non-hydrogen) atoms. The van der Waals surface area contributed by atoms with E-state index in [9.17, 15) is 9.59 Å². The number of carbonyl (C=O) groups excluding carboxylic acids is 2. The third-order valence-corrected chi connectivity index (χ3v) is 2.61. The molecule has 0 N–H and O–H groups in total. The minimum Gasteiger partial charge on any atom is -0.289 e. The normalized spacial score (nSPS) is 11.2. The van der Waals surface area contributed by atoms with Gasteiger partial charge in [0, 0.05) is 6.42 Å². The van der Waals surface area contributed by atoms with Crippen LogP contribution in [0.4, 0.5) is 0 Å². The van der Waals surface area contributed by atoms with Crippen molar-refractivity contribution in [3.8, 4) is 0 Å². The van der Waals surface area contributed by atoms with Crippen LogP contribution >= 0.6 is 11.6 Å². The van der Waals surface area contributed by atoms with E-state index in [1.807, 2.05) is 24.3 Å². The van der Waals surface area contributed by atoms with Crippen LogP contribution in [0.2, 0.25) is 0 Å². The van der Waals surface area contributed by atoms with Crippen molar-refractivity contribution in [3.63, 3.8) is 0 Å². The van der Waals surface area contributed by atoms with Gasteiger partial charge in [0.05, 0.1) is 0 Å². The van der Waals surface area contributed by atoms with E-state index < -0.39 is 11.0 Å². The Morgan fingerprint density at radius 2 is 1.62 bits per heavy atom. The van der Waals surface area contributed by atoms with Crippen molar-refractivity contribution in [3.05, 3.63) is 35.4 Å². The molecule has 0 atom stereocenters. The number of hydrogen-bond acceptors (Lipinski definition) is 2. The van der Waals surface area contributed by atoms with E-state index in [4.69, 9.17) is 11.6 Å². The lowest BCUT2D eigenvalue weighted by Gasteiger charge is -2.18. The Bertz CT molecular complexity index is 399. The van der Waals surface area contributed by atoms with E-state index in [0.717, 1.165) is 5.56 Å². The van der Waals surface area contributed by atoms with Crippen molar-refractivity contribution in [2.45, 2.75) is 32.6 Å². The second-order valence-corrected chi connectivity index (χ2v) is 5.16. The Kier molecular flexibility index (Phi) is 3.87. The number of rotatable bonds is 3. The lowest BCUT2D eigenvalue weighted by atomic mass is 9.86. The molecule has 0 amide bonds. The topological polar surface area (TPSA) is 34.1 Å². The van der Waals surface area contributed by atoms with Crippen molar-refractivity contribution in [2.75, 3.05) is 0 Å². The predicted molar refractivity (Wildman–Crippen MR) is 64.7 cm³/mol. The zero-order valence-corrected chi connectivity index (χ0v) is 10.5. The van der Waals surface area contributed by atoms with E-state index in [-0.39, 0.29) is 11.8 Å². The molecule has 0 heterocycles. The second-order valence-electron chi connectivity index (χ2n) is 4.82. The summed E-state index contributed by atoms with van der Waals surface area (Å²) < 4.78 is 0. The maximum Gasteiger partial charge on any atom is 0.288 e. The maximum absolute atomic E-state index is 11.1. The summed E-state index contributed by atoms with van der Waals surface area (Å²) in [5.41, 5.74) is 2.10. The molecule has 0 bridgehead atoms. The number of benzene rings is 1. The average Bonchev–Trinajstić information content (AvgIpc) is 2.17. The molecule has 86 valence electrons. The minimum atomic E-state index is -0.903. The van der Waals surface area contributed by atoms with Crippen LogP contribution in [-0.4, -0.2) is 11.0 Å². The first-order chi connectivity index (χ1) is 7.30. The maximum atomic E-state index is 11.1. The highest BCUT2D eigenvalue weighted by molar-refractivity contribution is 6.81. The Morgan fingerprint density at radius 1 is 1.12 bits per heavy atom. The van der Waals surface area contributed by atoms with Gasteiger partial charge in [-0.1, -0.05) is 45.0 Å². The minimum absolute atomic E-state index is 0.0761. The highest BCUT2D eigenvalue weighted by Crippen LogP contribution is 2.22. The van der Waals surface area contributed by atoms with Crippen molar-refractivity contribution < 1.29 is 9.59 Å². The lowest BCUT2D eigenvalue weighted by Crippen LogP contribution is -2.12. The molecule has 0 aliphatic heterocycles. The third kappa shape index (κ3) is 3.46. The van der Waals surface area contributed by atoms with Gasteiger partial charge < -0.3 is 0 Å². The van der Waals surface area contributed by atoms with Crippen molar-refractivity contribution in [1.29, 1.82) is 0 Å². The molecule has 0 aromatic heterocycles. The van der Waals surface area contributed by atoms with E-state index in [2.05, 4.69) is 20.8 Å². The number of Topliss-reactive ketones (excluding diaryl/α,β-unsaturated/α-hetero) is 1. The lowest BCUT2D eigenvalue weighted by molar-refractivity contribution is -0.131. The predicted octanol–water partition coefficient (Wildman–Crippen LogP) is 2.86. The number of carbonyl (C=O) groups is 2. The summed E-state index contributed by atoms with van der Waals surface area (Å²) in [7, 11) is 0. The van der Waals surface area contributed by atoms with Gasteiger partial charge in [0.2, 0.25) is 5.78 Å². The SMILES string of the molecule is CC(C)(C)c1ccc(CC(=O)C(=O)Cl)cc1. The molecular weight excluding hydrogens is 224 g/mol. The molecular formula is C13H15ClO2. The molecule has 0 fully saturated rings. The highest BCUT2D eigenvalue weighted by atomic mass is 35.5. The summed E-state index contributed by atoms with van der Waals surface area (Å²) in [6.45, 7) is 6.36. The van der Waals surface area contributed by atoms with Crippen molar-refractivity contribution >= 4 is 22.6 Å². The molecule has 1 aromatic carbocycles. The van der Waals surface area contributed by atoms with Gasteiger partial charge in [-0.05, 0) is 28.1 Å². The zero-order chi connectivity index (χ0) is 12.3. The standard InChI is InChI=1S/C13H15ClO2/c1-13(2,3)10-6-4-9(5-7-10)8-11(15)12(14)16/h4-7H,8H2,1-3H3. The van der Waals surface area contributed by atoms with Crippen LogP contribution < -0.4 is 0 Å². The second kappa shape index (κ2) is 4.79. The van der Waals surface area contributed by atoms with Gasteiger partial charge in [-0.2, -0.15) is 0 Å². The Labute approximate surface area is 101 Å². The first-order valence-electron chi connectivity index (χ1n) is 5.13. The van der Waals surface area contributed by atoms with E-state index in [0.29, 0.717) is 0 Å². The fraction of sp³-hybridized carbons (Fsp3) is 0.385. The summed E-state index contributed by atoms with van der Waals surface area (Å²) in [5, 5.41) is -0.903. The van der Waals surface area contributed by atoms with E-state index in [1.54, 1.807) is 0 Å². The first-order valence-corrected chi connectivity index (χ1v) is 5.50. The molecule has 1 aromatic rings. The molecule has 2 nitrogen and oxygen atoms in total. The zero-order valence-electron chi connectivity index (χ0n) is 9.71. The van der Waals surface area contributed by atoms with Gasteiger partial charge >= 0.3 is 0 Å². The quantitative estimate of drug-likeness (QED) is 0.600. The molecule has 0 saturated carbocycles. The monoisotopic (exact) mass is 238 g/mol. The third-order valence-electron chi connectivity index (χ3n) is 2.40. The van der Waals surface area contributed by atoms with Gasteiger partial charge in [0.15, 0.2) is 0 Å². The Hall–Kier alpha value is -1.15.